The van der Waals surface area contributed by atoms with Crippen molar-refractivity contribution < 1.29 is 14.0 Å². The van der Waals surface area contributed by atoms with Gasteiger partial charge in [0.1, 0.15) is 5.82 Å². The van der Waals surface area contributed by atoms with Crippen LogP contribution in [-0.2, 0) is 4.79 Å². The molecule has 2 rings (SSSR count). The maximum absolute atomic E-state index is 12.8. The number of carbonyl (C=O) groups excluding carboxylic acids is 2. The molecule has 0 aromatic heterocycles. The molecular formula is C16H20FN3O2. The highest BCUT2D eigenvalue weighted by Gasteiger charge is 2.17. The number of carbonyl (C=O) groups is 2. The molecule has 2 N–H and O–H groups in total. The van der Waals surface area contributed by atoms with Gasteiger partial charge in [-0.25, -0.2) is 9.82 Å². The Balaban J connectivity index is 1.80. The Bertz CT molecular complexity index is 563. The Kier molecular flexibility index (Phi) is 5.63. The molecule has 5 nitrogen and oxygen atoms in total. The Hall–Kier alpha value is -2.24. The van der Waals surface area contributed by atoms with E-state index >= 15 is 0 Å². The van der Waals surface area contributed by atoms with Crippen molar-refractivity contribution in [3.05, 3.63) is 35.6 Å². The smallest absolute Gasteiger partial charge is 0.271 e. The summed E-state index contributed by atoms with van der Waals surface area (Å²) in [6.07, 6.45) is 4.53. The highest BCUT2D eigenvalue weighted by Crippen LogP contribution is 2.17. The van der Waals surface area contributed by atoms with E-state index < -0.39 is 11.7 Å². The monoisotopic (exact) mass is 305 g/mol. The molecule has 1 aliphatic rings. The molecule has 1 aromatic rings. The second kappa shape index (κ2) is 7.68. The van der Waals surface area contributed by atoms with E-state index in [1.807, 2.05) is 0 Å². The minimum Gasteiger partial charge on any atom is -0.353 e. The number of hydrogen-bond acceptors (Lipinski definition) is 3. The Morgan fingerprint density at radius 3 is 2.50 bits per heavy atom. The van der Waals surface area contributed by atoms with Crippen LogP contribution in [0.5, 0.6) is 0 Å². The maximum Gasteiger partial charge on any atom is 0.271 e. The minimum absolute atomic E-state index is 0.0795. The van der Waals surface area contributed by atoms with Crippen molar-refractivity contribution in [1.82, 2.24) is 10.7 Å². The van der Waals surface area contributed by atoms with Gasteiger partial charge in [-0.3, -0.25) is 9.59 Å². The van der Waals surface area contributed by atoms with E-state index in [0.717, 1.165) is 25.7 Å². The van der Waals surface area contributed by atoms with E-state index in [1.165, 1.54) is 24.3 Å². The molecular weight excluding hydrogens is 285 g/mol. The third-order valence-corrected chi connectivity index (χ3v) is 3.59. The predicted octanol–water partition coefficient (Wildman–Crippen LogP) is 2.38. The van der Waals surface area contributed by atoms with Crippen LogP contribution in [-0.4, -0.2) is 23.6 Å². The van der Waals surface area contributed by atoms with Crippen LogP contribution >= 0.6 is 0 Å². The lowest BCUT2D eigenvalue weighted by Crippen LogP contribution is -2.33. The van der Waals surface area contributed by atoms with Gasteiger partial charge in [-0.2, -0.15) is 5.10 Å². The summed E-state index contributed by atoms with van der Waals surface area (Å²) in [7, 11) is 0. The Morgan fingerprint density at radius 2 is 1.86 bits per heavy atom. The summed E-state index contributed by atoms with van der Waals surface area (Å²) in [4.78, 5) is 23.6. The molecule has 6 heteroatoms. The molecule has 0 unspecified atom stereocenters. The molecule has 118 valence electrons. The van der Waals surface area contributed by atoms with Crippen LogP contribution in [0.25, 0.3) is 0 Å². The van der Waals surface area contributed by atoms with Crippen molar-refractivity contribution in [2.75, 3.05) is 0 Å². The van der Waals surface area contributed by atoms with E-state index in [2.05, 4.69) is 15.8 Å². The van der Waals surface area contributed by atoms with E-state index in [0.29, 0.717) is 11.3 Å². The summed E-state index contributed by atoms with van der Waals surface area (Å²) in [6, 6.07) is 5.44. The molecule has 0 atom stereocenters. The largest absolute Gasteiger partial charge is 0.353 e. The van der Waals surface area contributed by atoms with Gasteiger partial charge >= 0.3 is 0 Å². The second-order valence-corrected chi connectivity index (χ2v) is 5.52. The van der Waals surface area contributed by atoms with Crippen LogP contribution in [0.15, 0.2) is 29.4 Å². The van der Waals surface area contributed by atoms with E-state index in [1.54, 1.807) is 6.92 Å². The minimum atomic E-state index is -0.435. The standard InChI is InChI=1S/C16H20FN3O2/c1-11(10-15(21)18-14-4-2-3-5-14)19-20-16(22)12-6-8-13(17)9-7-12/h6-9,14H,2-5,10H2,1H3,(H,18,21)(H,20,22)/b19-11+. The number of hydrogen-bond donors (Lipinski definition) is 2. The van der Waals surface area contributed by atoms with Gasteiger partial charge in [0.2, 0.25) is 5.91 Å². The molecule has 0 spiro atoms. The van der Waals surface area contributed by atoms with Crippen LogP contribution in [0.2, 0.25) is 0 Å². The van der Waals surface area contributed by atoms with Gasteiger partial charge in [0, 0.05) is 17.3 Å². The highest BCUT2D eigenvalue weighted by molar-refractivity contribution is 6.01. The lowest BCUT2D eigenvalue weighted by Gasteiger charge is -2.11. The first kappa shape index (κ1) is 16.1. The first-order chi connectivity index (χ1) is 10.5. The second-order valence-electron chi connectivity index (χ2n) is 5.52. The molecule has 22 heavy (non-hydrogen) atoms. The number of benzene rings is 1. The summed E-state index contributed by atoms with van der Waals surface area (Å²) in [5.41, 5.74) is 3.20. The third kappa shape index (κ3) is 4.95. The summed E-state index contributed by atoms with van der Waals surface area (Å²) in [6.45, 7) is 1.68. The quantitative estimate of drug-likeness (QED) is 0.647. The first-order valence-corrected chi connectivity index (χ1v) is 7.43. The van der Waals surface area contributed by atoms with Crippen LogP contribution in [0.1, 0.15) is 49.4 Å². The molecule has 1 fully saturated rings. The van der Waals surface area contributed by atoms with E-state index in [-0.39, 0.29) is 18.4 Å². The SMILES string of the molecule is C/C(CC(=O)NC1CCCC1)=N\NC(=O)c1ccc(F)cc1. The topological polar surface area (TPSA) is 70.6 Å². The van der Waals surface area contributed by atoms with Gasteiger partial charge < -0.3 is 5.32 Å². The molecule has 0 bridgehead atoms. The fourth-order valence-corrected chi connectivity index (χ4v) is 2.43. The van der Waals surface area contributed by atoms with Crippen molar-refractivity contribution in [2.45, 2.75) is 45.1 Å². The molecule has 2 amide bonds. The van der Waals surface area contributed by atoms with Crippen molar-refractivity contribution in [3.8, 4) is 0 Å². The number of nitrogens with one attached hydrogen (secondary N) is 2. The van der Waals surface area contributed by atoms with Crippen molar-refractivity contribution in [1.29, 1.82) is 0 Å². The normalized spacial score (nSPS) is 15.6. The summed E-state index contributed by atoms with van der Waals surface area (Å²) < 4.78 is 12.8. The maximum atomic E-state index is 12.8. The number of hydrazone groups is 1. The van der Waals surface area contributed by atoms with Crippen molar-refractivity contribution in [3.63, 3.8) is 0 Å². The molecule has 0 heterocycles. The summed E-state index contributed by atoms with van der Waals surface area (Å²) in [5, 5.41) is 6.86. The van der Waals surface area contributed by atoms with E-state index in [4.69, 9.17) is 0 Å². The first-order valence-electron chi connectivity index (χ1n) is 7.43. The molecule has 0 aliphatic heterocycles. The molecule has 1 saturated carbocycles. The van der Waals surface area contributed by atoms with Crippen LogP contribution in [0.4, 0.5) is 4.39 Å². The molecule has 0 saturated heterocycles. The van der Waals surface area contributed by atoms with Crippen LogP contribution in [0.3, 0.4) is 0 Å². The zero-order chi connectivity index (χ0) is 15.9. The average Bonchev–Trinajstić information content (AvgIpc) is 2.98. The Labute approximate surface area is 129 Å². The van der Waals surface area contributed by atoms with Crippen LogP contribution in [0, 0.1) is 5.82 Å². The molecule has 0 radical (unpaired) electrons. The Morgan fingerprint density at radius 1 is 1.23 bits per heavy atom. The van der Waals surface area contributed by atoms with Gasteiger partial charge in [0.15, 0.2) is 0 Å². The lowest BCUT2D eigenvalue weighted by atomic mass is 10.2. The van der Waals surface area contributed by atoms with E-state index in [9.17, 15) is 14.0 Å². The number of rotatable bonds is 5. The summed E-state index contributed by atoms with van der Waals surface area (Å²) >= 11 is 0. The van der Waals surface area contributed by atoms with Crippen molar-refractivity contribution >= 4 is 17.5 Å². The number of halogens is 1. The van der Waals surface area contributed by atoms with Gasteiger partial charge in [-0.1, -0.05) is 12.8 Å². The predicted molar refractivity (Wildman–Crippen MR) is 82.0 cm³/mol. The fourth-order valence-electron chi connectivity index (χ4n) is 2.43. The zero-order valence-electron chi connectivity index (χ0n) is 12.6. The third-order valence-electron chi connectivity index (χ3n) is 3.59. The fraction of sp³-hybridized carbons (Fsp3) is 0.438. The van der Waals surface area contributed by atoms with Gasteiger partial charge in [0.05, 0.1) is 6.42 Å². The molecule has 1 aliphatic carbocycles. The summed E-state index contributed by atoms with van der Waals surface area (Å²) in [5.74, 6) is -0.917. The molecule has 1 aromatic carbocycles. The van der Waals surface area contributed by atoms with Gasteiger partial charge in [-0.05, 0) is 44.0 Å². The van der Waals surface area contributed by atoms with Gasteiger partial charge in [0.25, 0.3) is 5.91 Å². The number of amides is 2. The van der Waals surface area contributed by atoms with Gasteiger partial charge in [-0.15, -0.1) is 0 Å². The number of nitrogens with zero attached hydrogens (tertiary/aromatic N) is 1. The highest BCUT2D eigenvalue weighted by atomic mass is 19.1. The zero-order valence-corrected chi connectivity index (χ0v) is 12.6. The van der Waals surface area contributed by atoms with Crippen molar-refractivity contribution in [2.24, 2.45) is 5.10 Å². The lowest BCUT2D eigenvalue weighted by molar-refractivity contribution is -0.120. The van der Waals surface area contributed by atoms with Crippen LogP contribution < -0.4 is 10.7 Å². The average molecular weight is 305 g/mol.